The quantitative estimate of drug-likeness (QED) is 0.790. The number of nitrogens with two attached hydrogens (primary N) is 1. The van der Waals surface area contributed by atoms with Gasteiger partial charge in [0.05, 0.1) is 0 Å². The fraction of sp³-hybridized carbons (Fsp3) is 0.600. The van der Waals surface area contributed by atoms with Gasteiger partial charge in [-0.2, -0.15) is 13.2 Å². The van der Waals surface area contributed by atoms with E-state index < -0.39 is 22.6 Å². The van der Waals surface area contributed by atoms with Gasteiger partial charge in [0.1, 0.15) is 4.21 Å². The molecule has 3 N–H and O–H groups in total. The van der Waals surface area contributed by atoms with Crippen molar-refractivity contribution in [2.75, 3.05) is 6.54 Å². The second-order valence-corrected chi connectivity index (χ2v) is 7.12. The number of hydrogen-bond acceptors (Lipinski definition) is 4. The molecule has 0 aliphatic rings. The van der Waals surface area contributed by atoms with Crippen LogP contribution in [0.3, 0.4) is 0 Å². The van der Waals surface area contributed by atoms with Gasteiger partial charge in [0.25, 0.3) is 0 Å². The summed E-state index contributed by atoms with van der Waals surface area (Å²) < 4.78 is 61.6. The third-order valence-electron chi connectivity index (χ3n) is 2.38. The molecule has 1 aromatic heterocycles. The van der Waals surface area contributed by atoms with Gasteiger partial charge in [0.2, 0.25) is 10.0 Å². The highest BCUT2D eigenvalue weighted by molar-refractivity contribution is 7.91. The smallest absolute Gasteiger partial charge is 0.326 e. The first-order chi connectivity index (χ1) is 8.65. The third kappa shape index (κ3) is 5.09. The van der Waals surface area contributed by atoms with Crippen molar-refractivity contribution in [2.45, 2.75) is 36.7 Å². The predicted molar refractivity (Wildman–Crippen MR) is 67.4 cm³/mol. The largest absolute Gasteiger partial charge is 0.389 e. The zero-order valence-corrected chi connectivity index (χ0v) is 11.9. The second-order valence-electron chi connectivity index (χ2n) is 3.99. The summed E-state index contributed by atoms with van der Waals surface area (Å²) in [7, 11) is -3.74. The van der Waals surface area contributed by atoms with E-state index in [1.54, 1.807) is 6.92 Å². The van der Waals surface area contributed by atoms with Crippen LogP contribution in [0.4, 0.5) is 13.2 Å². The van der Waals surface area contributed by atoms with Crippen molar-refractivity contribution >= 4 is 21.4 Å². The van der Waals surface area contributed by atoms with Crippen LogP contribution in [0.5, 0.6) is 0 Å². The highest BCUT2D eigenvalue weighted by atomic mass is 32.2. The molecule has 0 bridgehead atoms. The molecule has 0 fully saturated rings. The lowest BCUT2D eigenvalue weighted by atomic mass is 10.3. The van der Waals surface area contributed by atoms with E-state index in [4.69, 9.17) is 5.73 Å². The van der Waals surface area contributed by atoms with E-state index in [1.165, 1.54) is 6.07 Å². The Kier molecular flexibility index (Phi) is 5.36. The molecule has 0 aliphatic heterocycles. The lowest BCUT2D eigenvalue weighted by Gasteiger charge is -2.07. The Hall–Kier alpha value is -0.640. The molecule has 1 heterocycles. The molecule has 0 aliphatic carbocycles. The fourth-order valence-corrected chi connectivity index (χ4v) is 3.98. The number of thiophene rings is 1. The topological polar surface area (TPSA) is 72.2 Å². The first-order valence-corrected chi connectivity index (χ1v) is 7.81. The lowest BCUT2D eigenvalue weighted by Crippen LogP contribution is -2.25. The van der Waals surface area contributed by atoms with E-state index in [2.05, 4.69) is 4.72 Å². The van der Waals surface area contributed by atoms with Gasteiger partial charge in [0, 0.05) is 24.4 Å². The first kappa shape index (κ1) is 16.4. The Bertz CT molecular complexity index is 523. The summed E-state index contributed by atoms with van der Waals surface area (Å²) in [6, 6.07) is 1.47. The molecule has 9 heteroatoms. The summed E-state index contributed by atoms with van der Waals surface area (Å²) >= 11 is 1.03. The molecule has 1 rings (SSSR count). The molecule has 0 saturated heterocycles. The van der Waals surface area contributed by atoms with Crippen molar-refractivity contribution in [3.05, 3.63) is 16.5 Å². The minimum absolute atomic E-state index is 0.0810. The average molecular weight is 316 g/mol. The minimum Gasteiger partial charge on any atom is -0.326 e. The normalized spacial score (nSPS) is 12.9. The molecular formula is C10H15F3N2O2S2. The number of rotatable bonds is 6. The summed E-state index contributed by atoms with van der Waals surface area (Å²) in [5, 5.41) is 0. The predicted octanol–water partition coefficient (Wildman–Crippen LogP) is 2.14. The Morgan fingerprint density at radius 2 is 2.05 bits per heavy atom. The maximum Gasteiger partial charge on any atom is 0.389 e. The summed E-state index contributed by atoms with van der Waals surface area (Å²) in [6.07, 6.45) is -5.55. The molecule has 4 nitrogen and oxygen atoms in total. The molecule has 0 spiro atoms. The zero-order chi connectivity index (χ0) is 14.7. The number of aryl methyl sites for hydroxylation is 1. The lowest BCUT2D eigenvalue weighted by molar-refractivity contribution is -0.135. The van der Waals surface area contributed by atoms with Crippen molar-refractivity contribution in [1.29, 1.82) is 0 Å². The van der Waals surface area contributed by atoms with Crippen LogP contribution < -0.4 is 10.5 Å². The first-order valence-electron chi connectivity index (χ1n) is 5.51. The molecule has 0 amide bonds. The molecule has 110 valence electrons. The van der Waals surface area contributed by atoms with Crippen molar-refractivity contribution in [2.24, 2.45) is 5.73 Å². The van der Waals surface area contributed by atoms with Gasteiger partial charge in [-0.05, 0) is 25.0 Å². The van der Waals surface area contributed by atoms with Gasteiger partial charge in [0.15, 0.2) is 0 Å². The minimum atomic E-state index is -4.27. The Labute approximate surface area is 113 Å². The van der Waals surface area contributed by atoms with Crippen molar-refractivity contribution in [3.63, 3.8) is 0 Å². The number of alkyl halides is 3. The van der Waals surface area contributed by atoms with Gasteiger partial charge in [-0.15, -0.1) is 11.3 Å². The fourth-order valence-electron chi connectivity index (χ4n) is 1.39. The SMILES string of the molecule is Cc1cc(S(=O)(=O)NCCCC(F)(F)F)sc1CN. The second kappa shape index (κ2) is 6.21. The molecule has 0 atom stereocenters. The molecule has 0 unspecified atom stereocenters. The summed E-state index contributed by atoms with van der Waals surface area (Å²) in [5.41, 5.74) is 6.21. The van der Waals surface area contributed by atoms with E-state index in [9.17, 15) is 21.6 Å². The number of hydrogen-bond donors (Lipinski definition) is 2. The van der Waals surface area contributed by atoms with E-state index in [-0.39, 0.29) is 23.7 Å². The van der Waals surface area contributed by atoms with E-state index in [1.807, 2.05) is 0 Å². The Balaban J connectivity index is 2.61. The van der Waals surface area contributed by atoms with Crippen LogP contribution in [-0.2, 0) is 16.6 Å². The highest BCUT2D eigenvalue weighted by Gasteiger charge is 2.26. The van der Waals surface area contributed by atoms with Crippen molar-refractivity contribution in [3.8, 4) is 0 Å². The van der Waals surface area contributed by atoms with Crippen LogP contribution in [-0.4, -0.2) is 21.1 Å². The monoisotopic (exact) mass is 316 g/mol. The highest BCUT2D eigenvalue weighted by Crippen LogP contribution is 2.25. The van der Waals surface area contributed by atoms with E-state index in [0.717, 1.165) is 21.8 Å². The zero-order valence-electron chi connectivity index (χ0n) is 10.3. The van der Waals surface area contributed by atoms with Gasteiger partial charge >= 0.3 is 6.18 Å². The summed E-state index contributed by atoms with van der Waals surface area (Å²) in [6.45, 7) is 1.73. The average Bonchev–Trinajstić information content (AvgIpc) is 2.65. The van der Waals surface area contributed by atoms with Crippen LogP contribution >= 0.6 is 11.3 Å². The van der Waals surface area contributed by atoms with Crippen LogP contribution in [0.25, 0.3) is 0 Å². The van der Waals surface area contributed by atoms with Gasteiger partial charge in [-0.1, -0.05) is 0 Å². The van der Waals surface area contributed by atoms with Crippen LogP contribution in [0, 0.1) is 6.92 Å². The Morgan fingerprint density at radius 1 is 1.42 bits per heavy atom. The van der Waals surface area contributed by atoms with E-state index >= 15 is 0 Å². The van der Waals surface area contributed by atoms with Crippen LogP contribution in [0.15, 0.2) is 10.3 Å². The van der Waals surface area contributed by atoms with Crippen molar-refractivity contribution < 1.29 is 21.6 Å². The summed E-state index contributed by atoms with van der Waals surface area (Å²) in [4.78, 5) is 0.746. The van der Waals surface area contributed by atoms with Crippen LogP contribution in [0.2, 0.25) is 0 Å². The van der Waals surface area contributed by atoms with Gasteiger partial charge in [-0.3, -0.25) is 0 Å². The van der Waals surface area contributed by atoms with Gasteiger partial charge in [-0.25, -0.2) is 13.1 Å². The van der Waals surface area contributed by atoms with Crippen molar-refractivity contribution in [1.82, 2.24) is 4.72 Å². The Morgan fingerprint density at radius 3 is 2.53 bits per heavy atom. The maximum atomic E-state index is 11.9. The third-order valence-corrected chi connectivity index (χ3v) is 5.57. The molecule has 1 aromatic rings. The number of halogens is 3. The van der Waals surface area contributed by atoms with Crippen LogP contribution in [0.1, 0.15) is 23.3 Å². The maximum absolute atomic E-state index is 11.9. The molecular weight excluding hydrogens is 301 g/mol. The molecule has 0 aromatic carbocycles. The number of nitrogens with one attached hydrogen (secondary N) is 1. The molecule has 19 heavy (non-hydrogen) atoms. The molecule has 0 saturated carbocycles. The summed E-state index contributed by atoms with van der Waals surface area (Å²) in [5.74, 6) is 0. The van der Waals surface area contributed by atoms with Gasteiger partial charge < -0.3 is 5.73 Å². The molecule has 0 radical (unpaired) electrons. The van der Waals surface area contributed by atoms with E-state index in [0.29, 0.717) is 0 Å². The number of sulfonamides is 1. The standard InChI is InChI=1S/C10H15F3N2O2S2/c1-7-5-9(18-8(7)6-14)19(16,17)15-4-2-3-10(11,12)13/h5,15H,2-4,6,14H2,1H3.